The third-order valence-corrected chi connectivity index (χ3v) is 3.93. The fourth-order valence-electron chi connectivity index (χ4n) is 2.51. The molecule has 0 aliphatic carbocycles. The number of aliphatic hydroxyl groups is 1. The van der Waals surface area contributed by atoms with E-state index >= 15 is 0 Å². The van der Waals surface area contributed by atoms with Crippen molar-refractivity contribution in [3.8, 4) is 5.75 Å². The minimum Gasteiger partial charge on any atom is -0.489 e. The summed E-state index contributed by atoms with van der Waals surface area (Å²) in [4.78, 5) is 4.39. The molecule has 2 unspecified atom stereocenters. The molecular weight excluding hydrogens is 373 g/mol. The molecule has 3 N–H and O–H groups in total. The van der Waals surface area contributed by atoms with Crippen LogP contribution in [0.2, 0.25) is 0 Å². The highest BCUT2D eigenvalue weighted by molar-refractivity contribution is 5.79. The van der Waals surface area contributed by atoms with E-state index in [4.69, 9.17) is 9.47 Å². The Kier molecular flexibility index (Phi) is 9.95. The number of nitrogens with zero attached hydrogens (tertiary/aromatic N) is 1. The van der Waals surface area contributed by atoms with Crippen molar-refractivity contribution >= 4 is 5.96 Å². The number of aliphatic imine (C=N–C) groups is 1. The first-order chi connectivity index (χ1) is 14.1. The van der Waals surface area contributed by atoms with E-state index in [-0.39, 0.29) is 25.1 Å². The smallest absolute Gasteiger partial charge is 0.191 e. The van der Waals surface area contributed by atoms with E-state index in [1.165, 1.54) is 12.1 Å². The summed E-state index contributed by atoms with van der Waals surface area (Å²) >= 11 is 0. The van der Waals surface area contributed by atoms with E-state index in [1.807, 2.05) is 44.2 Å². The Labute approximate surface area is 171 Å². The van der Waals surface area contributed by atoms with Crippen LogP contribution in [0.3, 0.4) is 0 Å². The quantitative estimate of drug-likeness (QED) is 0.397. The lowest BCUT2D eigenvalue weighted by Crippen LogP contribution is -2.42. The maximum absolute atomic E-state index is 13.0. The van der Waals surface area contributed by atoms with Gasteiger partial charge < -0.3 is 25.2 Å². The predicted octanol–water partition coefficient (Wildman–Crippen LogP) is 2.73. The molecule has 2 aromatic carbocycles. The van der Waals surface area contributed by atoms with Gasteiger partial charge in [0.2, 0.25) is 0 Å². The van der Waals surface area contributed by atoms with E-state index in [0.717, 1.165) is 5.56 Å². The Morgan fingerprint density at radius 3 is 2.52 bits per heavy atom. The second-order valence-corrected chi connectivity index (χ2v) is 6.64. The topological polar surface area (TPSA) is 75.1 Å². The third kappa shape index (κ3) is 9.40. The fraction of sp³-hybridized carbons (Fsp3) is 0.409. The first-order valence-electron chi connectivity index (χ1n) is 9.81. The third-order valence-electron chi connectivity index (χ3n) is 3.93. The average molecular weight is 403 g/mol. The molecule has 0 radical (unpaired) electrons. The molecule has 29 heavy (non-hydrogen) atoms. The molecule has 0 aliphatic heterocycles. The Balaban J connectivity index is 1.72. The largest absolute Gasteiger partial charge is 0.489 e. The zero-order valence-corrected chi connectivity index (χ0v) is 17.0. The van der Waals surface area contributed by atoms with Crippen molar-refractivity contribution in [3.63, 3.8) is 0 Å². The van der Waals surface area contributed by atoms with Crippen molar-refractivity contribution < 1.29 is 19.0 Å². The van der Waals surface area contributed by atoms with Crippen LogP contribution in [0.5, 0.6) is 5.75 Å². The van der Waals surface area contributed by atoms with Crippen LogP contribution < -0.4 is 15.4 Å². The summed E-state index contributed by atoms with van der Waals surface area (Å²) in [6.45, 7) is 5.96. The lowest BCUT2D eigenvalue weighted by molar-refractivity contribution is 0.0331. The normalized spacial score (nSPS) is 13.6. The molecule has 0 bridgehead atoms. The SMILES string of the molecule is CCNC(=NCC(O)COCc1ccccc1)NCC(C)Oc1ccc(F)cc1. The van der Waals surface area contributed by atoms with Crippen LogP contribution in [0.1, 0.15) is 19.4 Å². The van der Waals surface area contributed by atoms with E-state index in [2.05, 4.69) is 15.6 Å². The number of benzene rings is 2. The van der Waals surface area contributed by atoms with E-state index < -0.39 is 6.10 Å². The molecule has 0 saturated carbocycles. The van der Waals surface area contributed by atoms with Gasteiger partial charge in [0.05, 0.1) is 32.4 Å². The highest BCUT2D eigenvalue weighted by Crippen LogP contribution is 2.12. The Morgan fingerprint density at radius 1 is 1.10 bits per heavy atom. The second-order valence-electron chi connectivity index (χ2n) is 6.64. The molecule has 0 aliphatic rings. The first-order valence-corrected chi connectivity index (χ1v) is 9.81. The van der Waals surface area contributed by atoms with E-state index in [0.29, 0.717) is 31.4 Å². The molecule has 0 amide bonds. The average Bonchev–Trinajstić information content (AvgIpc) is 2.72. The highest BCUT2D eigenvalue weighted by atomic mass is 19.1. The number of halogens is 1. The molecule has 2 atom stereocenters. The molecule has 0 spiro atoms. The van der Waals surface area contributed by atoms with Gasteiger partial charge in [0.15, 0.2) is 5.96 Å². The van der Waals surface area contributed by atoms with Crippen molar-refractivity contribution in [1.29, 1.82) is 0 Å². The number of hydrogen-bond donors (Lipinski definition) is 3. The van der Waals surface area contributed by atoms with Crippen LogP contribution in [-0.4, -0.2) is 49.5 Å². The number of guanidine groups is 1. The van der Waals surface area contributed by atoms with Crippen molar-refractivity contribution in [2.75, 3.05) is 26.2 Å². The maximum atomic E-state index is 13.0. The lowest BCUT2D eigenvalue weighted by Gasteiger charge is -2.18. The van der Waals surface area contributed by atoms with E-state index in [1.54, 1.807) is 12.1 Å². The van der Waals surface area contributed by atoms with Crippen LogP contribution in [0.15, 0.2) is 59.6 Å². The summed E-state index contributed by atoms with van der Waals surface area (Å²) in [6, 6.07) is 15.7. The maximum Gasteiger partial charge on any atom is 0.191 e. The number of rotatable bonds is 11. The van der Waals surface area contributed by atoms with Gasteiger partial charge in [-0.15, -0.1) is 0 Å². The van der Waals surface area contributed by atoms with Gasteiger partial charge >= 0.3 is 0 Å². The summed E-state index contributed by atoms with van der Waals surface area (Å²) in [5, 5.41) is 16.4. The molecule has 6 nitrogen and oxygen atoms in total. The molecule has 2 rings (SSSR count). The Morgan fingerprint density at radius 2 is 1.83 bits per heavy atom. The minimum absolute atomic E-state index is 0.150. The lowest BCUT2D eigenvalue weighted by atomic mass is 10.2. The van der Waals surface area contributed by atoms with Crippen LogP contribution in [0.25, 0.3) is 0 Å². The zero-order chi connectivity index (χ0) is 20.9. The minimum atomic E-state index is -0.693. The summed E-state index contributed by atoms with van der Waals surface area (Å²) in [6.07, 6.45) is -0.842. The van der Waals surface area contributed by atoms with Crippen molar-refractivity contribution in [1.82, 2.24) is 10.6 Å². The van der Waals surface area contributed by atoms with E-state index in [9.17, 15) is 9.50 Å². The molecule has 0 saturated heterocycles. The van der Waals surface area contributed by atoms with Gasteiger partial charge in [0.25, 0.3) is 0 Å². The van der Waals surface area contributed by atoms with Gasteiger partial charge in [-0.25, -0.2) is 4.39 Å². The molecule has 0 aromatic heterocycles. The van der Waals surface area contributed by atoms with Crippen LogP contribution >= 0.6 is 0 Å². The second kappa shape index (κ2) is 12.7. The molecule has 7 heteroatoms. The van der Waals surface area contributed by atoms with Crippen molar-refractivity contribution in [3.05, 3.63) is 66.0 Å². The van der Waals surface area contributed by atoms with Crippen LogP contribution in [0.4, 0.5) is 4.39 Å². The number of hydrogen-bond acceptors (Lipinski definition) is 4. The molecule has 2 aromatic rings. The van der Waals surface area contributed by atoms with Gasteiger partial charge in [-0.1, -0.05) is 30.3 Å². The van der Waals surface area contributed by atoms with Gasteiger partial charge in [-0.05, 0) is 43.7 Å². The monoisotopic (exact) mass is 403 g/mol. The van der Waals surface area contributed by atoms with Crippen LogP contribution in [-0.2, 0) is 11.3 Å². The number of aliphatic hydroxyl groups excluding tert-OH is 1. The summed E-state index contributed by atoms with van der Waals surface area (Å²) in [5.74, 6) is 0.897. The highest BCUT2D eigenvalue weighted by Gasteiger charge is 2.08. The zero-order valence-electron chi connectivity index (χ0n) is 17.0. The van der Waals surface area contributed by atoms with Gasteiger partial charge in [-0.3, -0.25) is 4.99 Å². The molecule has 0 heterocycles. The number of ether oxygens (including phenoxy) is 2. The van der Waals surface area contributed by atoms with Crippen LogP contribution in [0, 0.1) is 5.82 Å². The summed E-state index contributed by atoms with van der Waals surface area (Å²) in [5.41, 5.74) is 1.06. The summed E-state index contributed by atoms with van der Waals surface area (Å²) in [7, 11) is 0. The van der Waals surface area contributed by atoms with Crippen molar-refractivity contribution in [2.24, 2.45) is 4.99 Å². The Bertz CT molecular complexity index is 726. The molecule has 158 valence electrons. The Hall–Kier alpha value is -2.64. The molecule has 0 fully saturated rings. The number of nitrogens with one attached hydrogen (secondary N) is 2. The standard InChI is InChI=1S/C22H30FN3O3/c1-3-24-22(25-13-17(2)29-21-11-9-19(23)10-12-21)26-14-20(27)16-28-15-18-7-5-4-6-8-18/h4-12,17,20,27H,3,13-16H2,1-2H3,(H2,24,25,26). The summed E-state index contributed by atoms with van der Waals surface area (Å²) < 4.78 is 24.2. The van der Waals surface area contributed by atoms with Gasteiger partial charge in [0.1, 0.15) is 17.7 Å². The fourth-order valence-corrected chi connectivity index (χ4v) is 2.51. The van der Waals surface area contributed by atoms with Crippen molar-refractivity contribution in [2.45, 2.75) is 32.7 Å². The predicted molar refractivity (Wildman–Crippen MR) is 113 cm³/mol. The first kappa shape index (κ1) is 22.6. The van der Waals surface area contributed by atoms with Gasteiger partial charge in [0, 0.05) is 6.54 Å². The van der Waals surface area contributed by atoms with Gasteiger partial charge in [-0.2, -0.15) is 0 Å². The molecular formula is C22H30FN3O3.